The van der Waals surface area contributed by atoms with Crippen LogP contribution in [-0.4, -0.2) is 42.5 Å². The van der Waals surface area contributed by atoms with Crippen molar-refractivity contribution in [3.63, 3.8) is 0 Å². The number of nitro benzene ring substituents is 1. The van der Waals surface area contributed by atoms with Gasteiger partial charge in [0.25, 0.3) is 5.91 Å². The zero-order chi connectivity index (χ0) is 20.1. The fraction of sp³-hybridized carbons (Fsp3) is 0.211. The first kappa shape index (κ1) is 19.6. The molecule has 9 heteroatoms. The number of nitrogens with zero attached hydrogens (tertiary/aromatic N) is 2. The molecule has 1 amide bonds. The lowest BCUT2D eigenvalue weighted by Crippen LogP contribution is -2.42. The lowest BCUT2D eigenvalue weighted by molar-refractivity contribution is -0.385. The van der Waals surface area contributed by atoms with Crippen LogP contribution in [0.1, 0.15) is 5.56 Å². The number of amides is 1. The van der Waals surface area contributed by atoms with Gasteiger partial charge in [0.05, 0.1) is 16.7 Å². The molecule has 0 saturated carbocycles. The van der Waals surface area contributed by atoms with Crippen LogP contribution in [-0.2, 0) is 21.2 Å². The van der Waals surface area contributed by atoms with Crippen molar-refractivity contribution in [3.05, 3.63) is 81.8 Å². The van der Waals surface area contributed by atoms with Crippen molar-refractivity contribution in [2.45, 2.75) is 12.6 Å². The van der Waals surface area contributed by atoms with Crippen LogP contribution in [0.25, 0.3) is 0 Å². The highest BCUT2D eigenvalue weighted by atomic mass is 32.2. The van der Waals surface area contributed by atoms with E-state index in [1.165, 1.54) is 29.2 Å². The molecule has 0 spiro atoms. The molecule has 28 heavy (non-hydrogen) atoms. The first-order chi connectivity index (χ1) is 13.4. The van der Waals surface area contributed by atoms with Gasteiger partial charge in [-0.25, -0.2) is 8.42 Å². The molecule has 2 aromatic carbocycles. The van der Waals surface area contributed by atoms with Crippen molar-refractivity contribution in [2.24, 2.45) is 0 Å². The average Bonchev–Trinajstić information content (AvgIpc) is 3.04. The van der Waals surface area contributed by atoms with Gasteiger partial charge in [0.15, 0.2) is 22.2 Å². The summed E-state index contributed by atoms with van der Waals surface area (Å²) < 4.78 is 29.0. The van der Waals surface area contributed by atoms with Crippen LogP contribution in [0.3, 0.4) is 0 Å². The van der Waals surface area contributed by atoms with Crippen LogP contribution >= 0.6 is 0 Å². The third-order valence-electron chi connectivity index (χ3n) is 4.24. The maximum atomic E-state index is 12.8. The predicted molar refractivity (Wildman–Crippen MR) is 102 cm³/mol. The van der Waals surface area contributed by atoms with Gasteiger partial charge in [0.1, 0.15) is 0 Å². The molecule has 146 valence electrons. The quantitative estimate of drug-likeness (QED) is 0.520. The third-order valence-corrected chi connectivity index (χ3v) is 5.62. The molecule has 3 rings (SSSR count). The van der Waals surface area contributed by atoms with Crippen LogP contribution in [0.5, 0.6) is 5.75 Å². The van der Waals surface area contributed by atoms with Gasteiger partial charge in [-0.3, -0.25) is 14.9 Å². The molecule has 1 heterocycles. The Morgan fingerprint density at radius 1 is 1.14 bits per heavy atom. The molecule has 0 unspecified atom stereocenters. The molecule has 0 fully saturated rings. The first-order valence-electron chi connectivity index (χ1n) is 8.46. The number of ether oxygens (including phenoxy) is 1. The number of sulfone groups is 1. The Morgan fingerprint density at radius 2 is 1.82 bits per heavy atom. The highest BCUT2D eigenvalue weighted by molar-refractivity contribution is 7.94. The van der Waals surface area contributed by atoms with E-state index in [9.17, 15) is 23.3 Å². The summed E-state index contributed by atoms with van der Waals surface area (Å²) in [4.78, 5) is 24.7. The largest absolute Gasteiger partial charge is 0.477 e. The zero-order valence-corrected chi connectivity index (χ0v) is 15.6. The average molecular weight is 402 g/mol. The first-order valence-corrected chi connectivity index (χ1v) is 10.2. The second kappa shape index (κ2) is 8.22. The summed E-state index contributed by atoms with van der Waals surface area (Å²) >= 11 is 0. The maximum Gasteiger partial charge on any atom is 0.310 e. The lowest BCUT2D eigenvalue weighted by Gasteiger charge is -2.27. The van der Waals surface area contributed by atoms with Gasteiger partial charge in [0, 0.05) is 18.0 Å². The zero-order valence-electron chi connectivity index (χ0n) is 14.8. The number of benzene rings is 2. The van der Waals surface area contributed by atoms with Gasteiger partial charge in [-0.2, -0.15) is 0 Å². The Hall–Kier alpha value is -3.20. The van der Waals surface area contributed by atoms with E-state index in [0.717, 1.165) is 11.0 Å². The number of nitro groups is 1. The van der Waals surface area contributed by atoms with Crippen molar-refractivity contribution >= 4 is 21.4 Å². The lowest BCUT2D eigenvalue weighted by atomic mass is 10.2. The van der Waals surface area contributed by atoms with Crippen LogP contribution in [0.15, 0.2) is 66.1 Å². The molecule has 0 aromatic heterocycles. The molecule has 2 aromatic rings. The summed E-state index contributed by atoms with van der Waals surface area (Å²) in [7, 11) is -3.36. The number of hydrogen-bond acceptors (Lipinski definition) is 6. The smallest absolute Gasteiger partial charge is 0.310 e. The van der Waals surface area contributed by atoms with E-state index < -0.39 is 33.3 Å². The molecule has 1 aliphatic heterocycles. The van der Waals surface area contributed by atoms with E-state index in [4.69, 9.17) is 4.74 Å². The normalized spacial score (nSPS) is 17.2. The van der Waals surface area contributed by atoms with Gasteiger partial charge in [-0.15, -0.1) is 0 Å². The minimum Gasteiger partial charge on any atom is -0.477 e. The molecule has 1 aliphatic rings. The summed E-state index contributed by atoms with van der Waals surface area (Å²) in [5, 5.41) is 12.2. The second-order valence-electron chi connectivity index (χ2n) is 6.25. The number of carbonyl (C=O) groups is 1. The SMILES string of the molecule is O=C(COc1ccccc1[N+](=O)[O-])N(Cc1ccccc1)[C@@H]1C=CS(=O)(=O)C1. The van der Waals surface area contributed by atoms with Crippen LogP contribution < -0.4 is 4.74 Å². The Kier molecular flexibility index (Phi) is 5.74. The fourth-order valence-corrected chi connectivity index (χ4v) is 4.18. The minimum absolute atomic E-state index is 0.0184. The van der Waals surface area contributed by atoms with Crippen molar-refractivity contribution < 1.29 is 22.9 Å². The third kappa shape index (κ3) is 4.74. The van der Waals surface area contributed by atoms with Gasteiger partial charge in [0.2, 0.25) is 0 Å². The van der Waals surface area contributed by atoms with Crippen molar-refractivity contribution in [1.82, 2.24) is 4.90 Å². The number of carbonyl (C=O) groups excluding carboxylic acids is 1. The Bertz CT molecular complexity index is 1000. The molecule has 1 atom stereocenters. The molecule has 0 bridgehead atoms. The molecular weight excluding hydrogens is 384 g/mol. The predicted octanol–water partition coefficient (Wildman–Crippen LogP) is 2.31. The summed E-state index contributed by atoms with van der Waals surface area (Å²) in [6.45, 7) is -0.244. The van der Waals surface area contributed by atoms with Gasteiger partial charge >= 0.3 is 5.69 Å². The van der Waals surface area contributed by atoms with E-state index in [1.807, 2.05) is 30.3 Å². The summed E-state index contributed by atoms with van der Waals surface area (Å²) in [6.07, 6.45) is 1.47. The topological polar surface area (TPSA) is 107 Å². The van der Waals surface area contributed by atoms with Crippen LogP contribution in [0.2, 0.25) is 0 Å². The van der Waals surface area contributed by atoms with Crippen LogP contribution in [0, 0.1) is 10.1 Å². The Labute approximate surface area is 162 Å². The molecule has 0 radical (unpaired) electrons. The Balaban J connectivity index is 1.77. The number of rotatable bonds is 7. The van der Waals surface area contributed by atoms with Gasteiger partial charge < -0.3 is 9.64 Å². The van der Waals surface area contributed by atoms with Crippen molar-refractivity contribution in [1.29, 1.82) is 0 Å². The molecular formula is C19H18N2O6S. The summed E-state index contributed by atoms with van der Waals surface area (Å²) in [5.74, 6) is -0.680. The molecule has 8 nitrogen and oxygen atoms in total. The maximum absolute atomic E-state index is 12.8. The van der Waals surface area contributed by atoms with Crippen molar-refractivity contribution in [3.8, 4) is 5.75 Å². The van der Waals surface area contributed by atoms with E-state index in [2.05, 4.69) is 0 Å². The van der Waals surface area contributed by atoms with Crippen LogP contribution in [0.4, 0.5) is 5.69 Å². The standard InChI is InChI=1S/C19H18N2O6S/c22-19(13-27-18-9-5-4-8-17(18)21(23)24)20(12-15-6-2-1-3-7-15)16-10-11-28(25,26)14-16/h1-11,16H,12-14H2/t16-/m1/s1. The van der Waals surface area contributed by atoms with E-state index >= 15 is 0 Å². The molecule has 0 aliphatic carbocycles. The second-order valence-corrected chi connectivity index (χ2v) is 8.18. The minimum atomic E-state index is -3.36. The Morgan fingerprint density at radius 3 is 2.46 bits per heavy atom. The fourth-order valence-electron chi connectivity index (χ4n) is 2.88. The van der Waals surface area contributed by atoms with Crippen molar-refractivity contribution in [2.75, 3.05) is 12.4 Å². The van der Waals surface area contributed by atoms with Gasteiger partial charge in [-0.1, -0.05) is 42.5 Å². The van der Waals surface area contributed by atoms with E-state index in [0.29, 0.717) is 0 Å². The van der Waals surface area contributed by atoms with E-state index in [-0.39, 0.29) is 23.7 Å². The summed E-state index contributed by atoms with van der Waals surface area (Å²) in [6, 6.07) is 14.3. The highest BCUT2D eigenvalue weighted by Crippen LogP contribution is 2.26. The summed E-state index contributed by atoms with van der Waals surface area (Å²) in [5.41, 5.74) is 0.590. The monoisotopic (exact) mass is 402 g/mol. The molecule has 0 N–H and O–H groups in total. The number of para-hydroxylation sites is 2. The number of hydrogen-bond donors (Lipinski definition) is 0. The van der Waals surface area contributed by atoms with E-state index in [1.54, 1.807) is 6.07 Å². The highest BCUT2D eigenvalue weighted by Gasteiger charge is 2.31. The van der Waals surface area contributed by atoms with Gasteiger partial charge in [-0.05, 0) is 17.7 Å². The molecule has 0 saturated heterocycles.